The molecule has 0 amide bonds. The van der Waals surface area contributed by atoms with Crippen LogP contribution in [0, 0.1) is 12.7 Å². The van der Waals surface area contributed by atoms with E-state index in [1.807, 2.05) is 31.2 Å². The first-order valence-corrected chi connectivity index (χ1v) is 9.10. The van der Waals surface area contributed by atoms with E-state index in [9.17, 15) is 9.18 Å². The second-order valence-corrected chi connectivity index (χ2v) is 6.91. The van der Waals surface area contributed by atoms with Crippen molar-refractivity contribution < 1.29 is 18.7 Å². The summed E-state index contributed by atoms with van der Waals surface area (Å²) in [6.07, 6.45) is 1.72. The van der Waals surface area contributed by atoms with Gasteiger partial charge in [0.2, 0.25) is 5.78 Å². The number of benzene rings is 3. The fourth-order valence-electron chi connectivity index (χ4n) is 2.99. The molecule has 0 unspecified atom stereocenters. The van der Waals surface area contributed by atoms with Gasteiger partial charge >= 0.3 is 0 Å². The average molecular weight is 395 g/mol. The van der Waals surface area contributed by atoms with E-state index in [1.165, 1.54) is 12.1 Å². The van der Waals surface area contributed by atoms with Crippen molar-refractivity contribution in [1.82, 2.24) is 0 Å². The summed E-state index contributed by atoms with van der Waals surface area (Å²) in [5.41, 5.74) is 2.73. The van der Waals surface area contributed by atoms with Crippen molar-refractivity contribution >= 4 is 23.5 Å². The molecule has 140 valence electrons. The lowest BCUT2D eigenvalue weighted by Crippen LogP contribution is -1.99. The second-order valence-electron chi connectivity index (χ2n) is 6.50. The van der Waals surface area contributed by atoms with Crippen LogP contribution in [0.1, 0.15) is 27.0 Å². The molecule has 0 saturated heterocycles. The van der Waals surface area contributed by atoms with Gasteiger partial charge in [-0.1, -0.05) is 47.5 Å². The monoisotopic (exact) mass is 394 g/mol. The zero-order chi connectivity index (χ0) is 19.7. The summed E-state index contributed by atoms with van der Waals surface area (Å²) < 4.78 is 25.3. The van der Waals surface area contributed by atoms with E-state index in [0.29, 0.717) is 22.1 Å². The number of aryl methyl sites for hydroxylation is 1. The van der Waals surface area contributed by atoms with Crippen molar-refractivity contribution in [2.75, 3.05) is 0 Å². The Balaban J connectivity index is 1.54. The number of hydrogen-bond donors (Lipinski definition) is 0. The zero-order valence-electron chi connectivity index (χ0n) is 15.0. The Morgan fingerprint density at radius 1 is 1.11 bits per heavy atom. The molecule has 3 aromatic carbocycles. The molecule has 0 N–H and O–H groups in total. The molecule has 0 fully saturated rings. The van der Waals surface area contributed by atoms with Crippen LogP contribution in [0.25, 0.3) is 6.08 Å². The first-order chi connectivity index (χ1) is 13.5. The van der Waals surface area contributed by atoms with Gasteiger partial charge in [-0.3, -0.25) is 4.79 Å². The van der Waals surface area contributed by atoms with Crippen LogP contribution >= 0.6 is 11.6 Å². The quantitative estimate of drug-likeness (QED) is 0.510. The smallest absolute Gasteiger partial charge is 0.231 e. The molecule has 0 aromatic heterocycles. The number of ketones is 1. The highest BCUT2D eigenvalue weighted by atomic mass is 35.5. The minimum atomic E-state index is -0.427. The standard InChI is InChI=1S/C23H16ClFO3/c1-14-4-2-5-15(10-14)11-22-23(26)17-9-8-16(12-21(17)28-22)27-13-18-19(24)6-3-7-20(18)25/h2-12H,13H2,1H3/b22-11-. The fourth-order valence-corrected chi connectivity index (χ4v) is 3.21. The van der Waals surface area contributed by atoms with Crippen molar-refractivity contribution in [3.05, 3.63) is 99.5 Å². The van der Waals surface area contributed by atoms with E-state index >= 15 is 0 Å². The summed E-state index contributed by atoms with van der Waals surface area (Å²) in [6.45, 7) is 1.96. The van der Waals surface area contributed by atoms with E-state index in [4.69, 9.17) is 21.1 Å². The Labute approximate surface area is 167 Å². The molecule has 5 heteroatoms. The van der Waals surface area contributed by atoms with Crippen LogP contribution in [0.3, 0.4) is 0 Å². The molecule has 0 atom stereocenters. The van der Waals surface area contributed by atoms with Crippen LogP contribution in [-0.4, -0.2) is 5.78 Å². The third-order valence-corrected chi connectivity index (χ3v) is 4.78. The van der Waals surface area contributed by atoms with Crippen LogP contribution in [0.4, 0.5) is 4.39 Å². The highest BCUT2D eigenvalue weighted by Gasteiger charge is 2.27. The van der Waals surface area contributed by atoms with Gasteiger partial charge in [0.05, 0.1) is 10.6 Å². The summed E-state index contributed by atoms with van der Waals surface area (Å²) in [4.78, 5) is 12.6. The van der Waals surface area contributed by atoms with E-state index in [2.05, 4.69) is 0 Å². The predicted molar refractivity (Wildman–Crippen MR) is 106 cm³/mol. The van der Waals surface area contributed by atoms with Crippen LogP contribution < -0.4 is 9.47 Å². The second kappa shape index (κ2) is 7.49. The Bertz CT molecular complexity index is 1080. The molecule has 0 aliphatic carbocycles. The largest absolute Gasteiger partial charge is 0.489 e. The third kappa shape index (κ3) is 3.64. The number of allylic oxidation sites excluding steroid dienone is 1. The first kappa shape index (κ1) is 18.3. The molecule has 0 spiro atoms. The third-order valence-electron chi connectivity index (χ3n) is 4.43. The number of hydrogen-bond acceptors (Lipinski definition) is 3. The Hall–Kier alpha value is -3.11. The molecule has 28 heavy (non-hydrogen) atoms. The van der Waals surface area contributed by atoms with Crippen molar-refractivity contribution in [2.24, 2.45) is 0 Å². The maximum absolute atomic E-state index is 13.9. The van der Waals surface area contributed by atoms with Gasteiger partial charge in [0.15, 0.2) is 5.76 Å². The van der Waals surface area contributed by atoms with Gasteiger partial charge < -0.3 is 9.47 Å². The molecule has 0 radical (unpaired) electrons. The van der Waals surface area contributed by atoms with E-state index in [0.717, 1.165) is 11.1 Å². The van der Waals surface area contributed by atoms with Gasteiger partial charge in [0, 0.05) is 11.6 Å². The molecular weight excluding hydrogens is 379 g/mol. The van der Waals surface area contributed by atoms with Crippen molar-refractivity contribution in [3.63, 3.8) is 0 Å². The first-order valence-electron chi connectivity index (χ1n) is 8.72. The van der Waals surface area contributed by atoms with Crippen LogP contribution in [0.5, 0.6) is 11.5 Å². The minimum Gasteiger partial charge on any atom is -0.489 e. The maximum Gasteiger partial charge on any atom is 0.231 e. The van der Waals surface area contributed by atoms with Gasteiger partial charge in [-0.25, -0.2) is 4.39 Å². The van der Waals surface area contributed by atoms with Crippen molar-refractivity contribution in [1.29, 1.82) is 0 Å². The topological polar surface area (TPSA) is 35.5 Å². The molecule has 1 aliphatic heterocycles. The maximum atomic E-state index is 13.9. The molecule has 0 saturated carbocycles. The van der Waals surface area contributed by atoms with Crippen molar-refractivity contribution in [2.45, 2.75) is 13.5 Å². The predicted octanol–water partition coefficient (Wildman–Crippen LogP) is 5.98. The van der Waals surface area contributed by atoms with Crippen LogP contribution in [0.15, 0.2) is 66.4 Å². The van der Waals surface area contributed by atoms with Gasteiger partial charge in [-0.15, -0.1) is 0 Å². The lowest BCUT2D eigenvalue weighted by Gasteiger charge is -2.09. The lowest BCUT2D eigenvalue weighted by atomic mass is 10.1. The van der Waals surface area contributed by atoms with Gasteiger partial charge in [-0.2, -0.15) is 0 Å². The highest BCUT2D eigenvalue weighted by molar-refractivity contribution is 6.31. The van der Waals surface area contributed by atoms with E-state index in [1.54, 1.807) is 30.3 Å². The molecule has 0 bridgehead atoms. The number of fused-ring (bicyclic) bond motifs is 1. The van der Waals surface area contributed by atoms with E-state index < -0.39 is 5.82 Å². The number of carbonyl (C=O) groups is 1. The Morgan fingerprint density at radius 2 is 1.93 bits per heavy atom. The number of rotatable bonds is 4. The molecular formula is C23H16ClFO3. The molecule has 1 aliphatic rings. The van der Waals surface area contributed by atoms with E-state index in [-0.39, 0.29) is 23.7 Å². The van der Waals surface area contributed by atoms with Crippen molar-refractivity contribution in [3.8, 4) is 11.5 Å². The lowest BCUT2D eigenvalue weighted by molar-refractivity contribution is 0.101. The Kier molecular flexibility index (Phi) is 4.88. The summed E-state index contributed by atoms with van der Waals surface area (Å²) in [5, 5.41) is 0.302. The van der Waals surface area contributed by atoms with Crippen LogP contribution in [-0.2, 0) is 6.61 Å². The van der Waals surface area contributed by atoms with Gasteiger partial charge in [-0.05, 0) is 42.8 Å². The Morgan fingerprint density at radius 3 is 2.71 bits per heavy atom. The number of Topliss-reactive ketones (excluding diaryl/α,β-unsaturated/α-hetero) is 1. The number of halogens is 2. The molecule has 4 rings (SSSR count). The van der Waals surface area contributed by atoms with Crippen LogP contribution in [0.2, 0.25) is 5.02 Å². The summed E-state index contributed by atoms with van der Waals surface area (Å²) in [6, 6.07) is 17.2. The summed E-state index contributed by atoms with van der Waals surface area (Å²) >= 11 is 6.02. The molecule has 3 aromatic rings. The number of carbonyl (C=O) groups excluding carboxylic acids is 1. The SMILES string of the molecule is Cc1cccc(/C=C2\Oc3cc(OCc4c(F)cccc4Cl)ccc3C2=O)c1. The fraction of sp³-hybridized carbons (Fsp3) is 0.0870. The minimum absolute atomic E-state index is 0.0236. The number of ether oxygens (including phenoxy) is 2. The average Bonchev–Trinajstić information content (AvgIpc) is 2.96. The summed E-state index contributed by atoms with van der Waals surface area (Å²) in [5.74, 6) is 0.530. The zero-order valence-corrected chi connectivity index (χ0v) is 15.8. The summed E-state index contributed by atoms with van der Waals surface area (Å²) in [7, 11) is 0. The normalized spacial score (nSPS) is 14.1. The highest BCUT2D eigenvalue weighted by Crippen LogP contribution is 2.35. The molecule has 3 nitrogen and oxygen atoms in total. The van der Waals surface area contributed by atoms with Gasteiger partial charge in [0.1, 0.15) is 23.9 Å². The molecule has 1 heterocycles. The van der Waals surface area contributed by atoms with Gasteiger partial charge in [0.25, 0.3) is 0 Å².